The van der Waals surface area contributed by atoms with Gasteiger partial charge in [-0.3, -0.25) is 4.79 Å². The van der Waals surface area contributed by atoms with Gasteiger partial charge in [0.25, 0.3) is 0 Å². The third kappa shape index (κ3) is 3.48. The maximum Gasteiger partial charge on any atom is 0.245 e. The number of aryl methyl sites for hydroxylation is 1. The number of carbonyl (C=O) groups is 1. The summed E-state index contributed by atoms with van der Waals surface area (Å²) in [6.45, 7) is 1.17. The summed E-state index contributed by atoms with van der Waals surface area (Å²) < 4.78 is 24.4. The number of sulfone groups is 1. The highest BCUT2D eigenvalue weighted by molar-refractivity contribution is 7.92. The molecule has 0 fully saturated rings. The first kappa shape index (κ1) is 16.9. The normalized spacial score (nSPS) is 17.7. The predicted molar refractivity (Wildman–Crippen MR) is 83.5 cm³/mol. The van der Waals surface area contributed by atoms with Crippen LogP contribution >= 0.6 is 0 Å². The quantitative estimate of drug-likeness (QED) is 0.801. The van der Waals surface area contributed by atoms with Crippen LogP contribution < -0.4 is 4.90 Å². The molecule has 1 aliphatic rings. The maximum absolute atomic E-state index is 12.6. The van der Waals surface area contributed by atoms with Crippen molar-refractivity contribution in [1.82, 2.24) is 0 Å². The Balaban J connectivity index is 2.22. The van der Waals surface area contributed by atoms with Crippen LogP contribution in [0.5, 0.6) is 0 Å². The van der Waals surface area contributed by atoms with Crippen LogP contribution in [0.1, 0.15) is 18.9 Å². The molecule has 2 rings (SSSR count). The monoisotopic (exact) mass is 327 g/mol. The van der Waals surface area contributed by atoms with Crippen LogP contribution in [0.15, 0.2) is 24.3 Å². The van der Waals surface area contributed by atoms with Gasteiger partial charge in [0.05, 0.1) is 18.5 Å². The highest BCUT2D eigenvalue weighted by atomic mass is 32.2. The summed E-state index contributed by atoms with van der Waals surface area (Å²) in [5.41, 5.74) is 1.78. The zero-order chi connectivity index (χ0) is 16.3. The lowest BCUT2D eigenvalue weighted by Gasteiger charge is -2.31. The highest BCUT2D eigenvalue weighted by Crippen LogP contribution is 2.28. The molecule has 0 saturated heterocycles. The molecule has 7 heteroatoms. The molecule has 0 radical (unpaired) electrons. The molecule has 1 amide bonds. The van der Waals surface area contributed by atoms with Gasteiger partial charge < -0.3 is 15.1 Å². The van der Waals surface area contributed by atoms with Crippen molar-refractivity contribution in [2.75, 3.05) is 23.8 Å². The minimum Gasteiger partial charge on any atom is -0.394 e. The lowest BCUT2D eigenvalue weighted by molar-refractivity contribution is -0.118. The molecule has 0 aliphatic carbocycles. The van der Waals surface area contributed by atoms with Crippen molar-refractivity contribution in [1.29, 1.82) is 0 Å². The van der Waals surface area contributed by atoms with E-state index in [1.165, 1.54) is 11.8 Å². The zero-order valence-corrected chi connectivity index (χ0v) is 13.3. The van der Waals surface area contributed by atoms with Gasteiger partial charge >= 0.3 is 0 Å². The summed E-state index contributed by atoms with van der Waals surface area (Å²) >= 11 is 0. The first-order valence-corrected chi connectivity index (χ1v) is 8.98. The molecular formula is C15H21NO5S. The fourth-order valence-corrected chi connectivity index (χ4v) is 3.97. The van der Waals surface area contributed by atoms with Crippen molar-refractivity contribution in [2.45, 2.75) is 31.1 Å². The van der Waals surface area contributed by atoms with E-state index in [1.807, 2.05) is 24.3 Å². The molecule has 2 unspecified atom stereocenters. The SMILES string of the molecule is CC(C(=O)N1CCCc2ccccc21)S(=O)(=O)CC(O)CO. The molecule has 1 aromatic rings. The molecule has 122 valence electrons. The van der Waals surface area contributed by atoms with Gasteiger partial charge in [0.15, 0.2) is 9.84 Å². The molecule has 2 atom stereocenters. The number of hydrogen-bond donors (Lipinski definition) is 2. The van der Waals surface area contributed by atoms with Gasteiger partial charge in [-0.1, -0.05) is 18.2 Å². The van der Waals surface area contributed by atoms with Crippen molar-refractivity contribution in [3.8, 4) is 0 Å². The Morgan fingerprint density at radius 1 is 1.36 bits per heavy atom. The Bertz CT molecular complexity index is 643. The number of fused-ring (bicyclic) bond motifs is 1. The summed E-state index contributed by atoms with van der Waals surface area (Å²) in [4.78, 5) is 14.1. The Morgan fingerprint density at radius 3 is 2.73 bits per heavy atom. The number of carbonyl (C=O) groups excluding carboxylic acids is 1. The largest absolute Gasteiger partial charge is 0.394 e. The van der Waals surface area contributed by atoms with Gasteiger partial charge in [-0.2, -0.15) is 0 Å². The van der Waals surface area contributed by atoms with Gasteiger partial charge in [0.1, 0.15) is 5.25 Å². The van der Waals surface area contributed by atoms with E-state index in [4.69, 9.17) is 5.11 Å². The van der Waals surface area contributed by atoms with E-state index >= 15 is 0 Å². The summed E-state index contributed by atoms with van der Waals surface area (Å²) in [7, 11) is -3.82. The molecule has 2 N–H and O–H groups in total. The van der Waals surface area contributed by atoms with E-state index in [0.717, 1.165) is 24.1 Å². The number of amides is 1. The van der Waals surface area contributed by atoms with Gasteiger partial charge in [-0.15, -0.1) is 0 Å². The first-order chi connectivity index (χ1) is 10.4. The minimum atomic E-state index is -3.82. The van der Waals surface area contributed by atoms with Crippen molar-refractivity contribution < 1.29 is 23.4 Å². The molecule has 22 heavy (non-hydrogen) atoms. The molecule has 0 bridgehead atoms. The van der Waals surface area contributed by atoms with Crippen LogP contribution in [0.2, 0.25) is 0 Å². The number of aliphatic hydroxyl groups excluding tert-OH is 2. The summed E-state index contributed by atoms with van der Waals surface area (Å²) in [6, 6.07) is 7.46. The van der Waals surface area contributed by atoms with Gasteiger partial charge in [-0.25, -0.2) is 8.42 Å². The average molecular weight is 327 g/mol. The topological polar surface area (TPSA) is 94.9 Å². The van der Waals surface area contributed by atoms with Crippen molar-refractivity contribution in [2.24, 2.45) is 0 Å². The molecule has 6 nitrogen and oxygen atoms in total. The Hall–Kier alpha value is -1.44. The van der Waals surface area contributed by atoms with Crippen LogP contribution in [0.3, 0.4) is 0 Å². The molecule has 0 aromatic heterocycles. The molecule has 0 spiro atoms. The average Bonchev–Trinajstić information content (AvgIpc) is 2.52. The maximum atomic E-state index is 12.6. The number of anilines is 1. The third-order valence-corrected chi connectivity index (χ3v) is 6.03. The van der Waals surface area contributed by atoms with Gasteiger partial charge in [0, 0.05) is 12.2 Å². The summed E-state index contributed by atoms with van der Waals surface area (Å²) in [5.74, 6) is -1.11. The lowest BCUT2D eigenvalue weighted by atomic mass is 10.0. The molecule has 1 aromatic carbocycles. The molecule has 1 aliphatic heterocycles. The van der Waals surface area contributed by atoms with E-state index in [2.05, 4.69) is 0 Å². The lowest BCUT2D eigenvalue weighted by Crippen LogP contribution is -2.45. The van der Waals surface area contributed by atoms with Crippen LogP contribution in [0, 0.1) is 0 Å². The number of nitrogens with zero attached hydrogens (tertiary/aromatic N) is 1. The van der Waals surface area contributed by atoms with Crippen molar-refractivity contribution in [3.63, 3.8) is 0 Å². The van der Waals surface area contributed by atoms with Crippen molar-refractivity contribution in [3.05, 3.63) is 29.8 Å². The van der Waals surface area contributed by atoms with Crippen molar-refractivity contribution >= 4 is 21.4 Å². The van der Waals surface area contributed by atoms with Gasteiger partial charge in [0.2, 0.25) is 5.91 Å². The van der Waals surface area contributed by atoms with Crippen LogP contribution in [0.25, 0.3) is 0 Å². The van der Waals surface area contributed by atoms with E-state index < -0.39 is 39.5 Å². The second-order valence-corrected chi connectivity index (χ2v) is 7.90. The summed E-state index contributed by atoms with van der Waals surface area (Å²) in [6.07, 6.45) is 0.285. The third-order valence-electron chi connectivity index (χ3n) is 3.90. The second kappa shape index (κ2) is 6.76. The van der Waals surface area contributed by atoms with E-state index in [0.29, 0.717) is 6.54 Å². The fourth-order valence-electron chi connectivity index (χ4n) is 2.60. The van der Waals surface area contributed by atoms with E-state index in [1.54, 1.807) is 0 Å². The minimum absolute atomic E-state index is 0.484. The standard InChI is InChI=1S/C15H21NO5S/c1-11(22(20,21)10-13(18)9-17)15(19)16-8-4-6-12-5-2-3-7-14(12)16/h2-3,5,7,11,13,17-18H,4,6,8-10H2,1H3. The molecule has 1 heterocycles. The van der Waals surface area contributed by atoms with E-state index in [9.17, 15) is 18.3 Å². The number of hydrogen-bond acceptors (Lipinski definition) is 5. The van der Waals surface area contributed by atoms with Crippen LogP contribution in [0.4, 0.5) is 5.69 Å². The fraction of sp³-hybridized carbons (Fsp3) is 0.533. The number of para-hydroxylation sites is 1. The zero-order valence-electron chi connectivity index (χ0n) is 12.5. The number of benzene rings is 1. The summed E-state index contributed by atoms with van der Waals surface area (Å²) in [5, 5.41) is 16.9. The van der Waals surface area contributed by atoms with E-state index in [-0.39, 0.29) is 0 Å². The smallest absolute Gasteiger partial charge is 0.245 e. The Morgan fingerprint density at radius 2 is 2.05 bits per heavy atom. The van der Waals surface area contributed by atoms with Crippen LogP contribution in [-0.4, -0.2) is 54.8 Å². The number of rotatable bonds is 5. The van der Waals surface area contributed by atoms with Crippen LogP contribution in [-0.2, 0) is 21.1 Å². The van der Waals surface area contributed by atoms with Gasteiger partial charge in [-0.05, 0) is 31.4 Å². The Labute approximate surface area is 130 Å². The second-order valence-electron chi connectivity index (χ2n) is 5.53. The number of aliphatic hydroxyl groups is 2. The molecule has 0 saturated carbocycles. The predicted octanol–water partition coefficient (Wildman–Crippen LogP) is 0.122. The Kier molecular flexibility index (Phi) is 5.20. The first-order valence-electron chi connectivity index (χ1n) is 7.26. The molecular weight excluding hydrogens is 306 g/mol. The highest BCUT2D eigenvalue weighted by Gasteiger charge is 2.35.